The fraction of sp³-hybridized carbons (Fsp3) is 0.952. The van der Waals surface area contributed by atoms with E-state index < -0.39 is 5.60 Å². The van der Waals surface area contributed by atoms with Crippen LogP contribution in [0.25, 0.3) is 0 Å². The Hall–Kier alpha value is -0.570. The Morgan fingerprint density at radius 1 is 1.12 bits per heavy atom. The zero-order valence-electron chi connectivity index (χ0n) is 16.2. The second-order valence-electron chi connectivity index (χ2n) is 9.77. The maximum Gasteiger partial charge on any atom is 0.311 e. The second-order valence-corrected chi connectivity index (χ2v) is 9.77. The topological polar surface area (TPSA) is 46.5 Å². The molecule has 0 radical (unpaired) electrons. The van der Waals surface area contributed by atoms with Gasteiger partial charge in [0, 0.05) is 0 Å². The molecule has 0 aromatic carbocycles. The third-order valence-electron chi connectivity index (χ3n) is 8.45. The Labute approximate surface area is 147 Å². The maximum atomic E-state index is 12.6. The SMILES string of the molecule is COC(=O)[C@]1(C)CCC[C@]2(C)[C@@H]3CC[C@](O)(C(C)C)C[C@@H]3CC[C@H]21. The lowest BCUT2D eigenvalue weighted by Crippen LogP contribution is -2.58. The van der Waals surface area contributed by atoms with Crippen molar-refractivity contribution in [1.29, 1.82) is 0 Å². The quantitative estimate of drug-likeness (QED) is 0.751. The van der Waals surface area contributed by atoms with Crippen molar-refractivity contribution in [2.24, 2.45) is 34.5 Å². The standard InChI is InChI=1S/C21H36O3/c1-14(2)21(23)12-9-16-15(13-21)7-8-17-19(16,3)10-6-11-20(17,4)18(22)24-5/h14-17,23H,6-13H2,1-5H3/t15-,16+,17+,19+,20+,21+/m0/s1. The Bertz CT molecular complexity index is 501. The summed E-state index contributed by atoms with van der Waals surface area (Å²) in [6.07, 6.45) is 8.57. The minimum atomic E-state index is -0.481. The zero-order valence-corrected chi connectivity index (χ0v) is 16.2. The van der Waals surface area contributed by atoms with E-state index in [1.165, 1.54) is 13.5 Å². The van der Waals surface area contributed by atoms with Gasteiger partial charge in [-0.25, -0.2) is 0 Å². The first-order valence-corrected chi connectivity index (χ1v) is 9.98. The van der Waals surface area contributed by atoms with Gasteiger partial charge >= 0.3 is 5.97 Å². The number of carbonyl (C=O) groups is 1. The van der Waals surface area contributed by atoms with E-state index in [9.17, 15) is 9.90 Å². The number of esters is 1. The molecule has 0 heterocycles. The minimum absolute atomic E-state index is 0.00799. The minimum Gasteiger partial charge on any atom is -0.469 e. The molecule has 0 aromatic heterocycles. The molecule has 3 heteroatoms. The normalized spacial score (nSPS) is 48.5. The largest absolute Gasteiger partial charge is 0.469 e. The zero-order chi connectivity index (χ0) is 17.8. The summed E-state index contributed by atoms with van der Waals surface area (Å²) in [4.78, 5) is 12.6. The summed E-state index contributed by atoms with van der Waals surface area (Å²) in [5.74, 6) is 2.02. The third-order valence-corrected chi connectivity index (χ3v) is 8.45. The molecule has 0 aliphatic heterocycles. The van der Waals surface area contributed by atoms with Crippen LogP contribution < -0.4 is 0 Å². The second kappa shape index (κ2) is 6.00. The maximum absolute atomic E-state index is 12.6. The van der Waals surface area contributed by atoms with Gasteiger partial charge in [-0.1, -0.05) is 27.2 Å². The van der Waals surface area contributed by atoms with Crippen molar-refractivity contribution < 1.29 is 14.6 Å². The molecule has 3 saturated carbocycles. The van der Waals surface area contributed by atoms with Gasteiger partial charge in [-0.3, -0.25) is 4.79 Å². The average molecular weight is 337 g/mol. The van der Waals surface area contributed by atoms with Gasteiger partial charge in [0.1, 0.15) is 0 Å². The van der Waals surface area contributed by atoms with Crippen molar-refractivity contribution in [2.75, 3.05) is 7.11 Å². The number of aliphatic hydroxyl groups is 1. The van der Waals surface area contributed by atoms with E-state index >= 15 is 0 Å². The van der Waals surface area contributed by atoms with Crippen LogP contribution in [0.2, 0.25) is 0 Å². The van der Waals surface area contributed by atoms with E-state index in [-0.39, 0.29) is 16.8 Å². The van der Waals surface area contributed by atoms with E-state index in [4.69, 9.17) is 4.74 Å². The van der Waals surface area contributed by atoms with Crippen LogP contribution in [0.3, 0.4) is 0 Å². The molecule has 0 spiro atoms. The predicted octanol–water partition coefficient (Wildman–Crippen LogP) is 4.57. The lowest BCUT2D eigenvalue weighted by Gasteiger charge is -2.61. The summed E-state index contributed by atoms with van der Waals surface area (Å²) in [7, 11) is 1.54. The lowest BCUT2D eigenvalue weighted by atomic mass is 9.43. The van der Waals surface area contributed by atoms with Gasteiger partial charge in [-0.15, -0.1) is 0 Å². The van der Waals surface area contributed by atoms with Crippen LogP contribution in [-0.4, -0.2) is 23.8 Å². The molecule has 3 fully saturated rings. The van der Waals surface area contributed by atoms with Crippen LogP contribution >= 0.6 is 0 Å². The number of fused-ring (bicyclic) bond motifs is 3. The molecule has 0 unspecified atom stereocenters. The first-order chi connectivity index (χ1) is 11.2. The smallest absolute Gasteiger partial charge is 0.311 e. The number of hydrogen-bond donors (Lipinski definition) is 1. The molecular formula is C21H36O3. The van der Waals surface area contributed by atoms with Crippen molar-refractivity contribution in [2.45, 2.75) is 84.7 Å². The molecule has 0 bridgehead atoms. The fourth-order valence-corrected chi connectivity index (χ4v) is 6.90. The van der Waals surface area contributed by atoms with E-state index in [1.807, 2.05) is 0 Å². The molecule has 24 heavy (non-hydrogen) atoms. The van der Waals surface area contributed by atoms with E-state index in [0.29, 0.717) is 23.7 Å². The average Bonchev–Trinajstić information content (AvgIpc) is 2.53. The Morgan fingerprint density at radius 3 is 2.46 bits per heavy atom. The van der Waals surface area contributed by atoms with Gasteiger partial charge in [-0.05, 0) is 81.0 Å². The highest BCUT2D eigenvalue weighted by atomic mass is 16.5. The highest BCUT2D eigenvalue weighted by Crippen LogP contribution is 2.65. The molecule has 0 aromatic rings. The number of ether oxygens (including phenoxy) is 1. The van der Waals surface area contributed by atoms with Crippen molar-refractivity contribution in [1.82, 2.24) is 0 Å². The first kappa shape index (κ1) is 18.2. The van der Waals surface area contributed by atoms with Gasteiger partial charge in [0.2, 0.25) is 0 Å². The number of rotatable bonds is 2. The van der Waals surface area contributed by atoms with Crippen molar-refractivity contribution in [3.63, 3.8) is 0 Å². The summed E-state index contributed by atoms with van der Waals surface area (Å²) in [5, 5.41) is 11.0. The van der Waals surface area contributed by atoms with Crippen LogP contribution in [0.5, 0.6) is 0 Å². The summed E-state index contributed by atoms with van der Waals surface area (Å²) in [6, 6.07) is 0. The Morgan fingerprint density at radius 2 is 1.83 bits per heavy atom. The molecule has 3 rings (SSSR count). The number of hydrogen-bond acceptors (Lipinski definition) is 3. The van der Waals surface area contributed by atoms with Crippen molar-refractivity contribution in [3.8, 4) is 0 Å². The van der Waals surface area contributed by atoms with Gasteiger partial charge < -0.3 is 9.84 Å². The van der Waals surface area contributed by atoms with Crippen LogP contribution in [0, 0.1) is 34.5 Å². The van der Waals surface area contributed by atoms with Crippen molar-refractivity contribution >= 4 is 5.97 Å². The molecule has 138 valence electrons. The number of carbonyl (C=O) groups excluding carboxylic acids is 1. The van der Waals surface area contributed by atoms with Gasteiger partial charge in [0.25, 0.3) is 0 Å². The van der Waals surface area contributed by atoms with Gasteiger partial charge in [0.15, 0.2) is 0 Å². The van der Waals surface area contributed by atoms with Crippen LogP contribution in [0.15, 0.2) is 0 Å². The Balaban J connectivity index is 1.88. The monoisotopic (exact) mass is 336 g/mol. The highest BCUT2D eigenvalue weighted by molar-refractivity contribution is 5.77. The van der Waals surface area contributed by atoms with E-state index in [2.05, 4.69) is 27.7 Å². The van der Waals surface area contributed by atoms with E-state index in [1.54, 1.807) is 0 Å². The summed E-state index contributed by atoms with van der Waals surface area (Å²) < 4.78 is 5.21. The third kappa shape index (κ3) is 2.53. The van der Waals surface area contributed by atoms with E-state index in [0.717, 1.165) is 44.9 Å². The molecule has 3 aliphatic rings. The predicted molar refractivity (Wildman–Crippen MR) is 95.4 cm³/mol. The molecule has 1 N–H and O–H groups in total. The Kier molecular flexibility index (Phi) is 4.56. The molecular weight excluding hydrogens is 300 g/mol. The van der Waals surface area contributed by atoms with Crippen LogP contribution in [0.1, 0.15) is 79.1 Å². The van der Waals surface area contributed by atoms with Crippen molar-refractivity contribution in [3.05, 3.63) is 0 Å². The fourth-order valence-electron chi connectivity index (χ4n) is 6.90. The van der Waals surface area contributed by atoms with Gasteiger partial charge in [-0.2, -0.15) is 0 Å². The highest BCUT2D eigenvalue weighted by Gasteiger charge is 2.60. The first-order valence-electron chi connectivity index (χ1n) is 9.98. The molecule has 0 amide bonds. The van der Waals surface area contributed by atoms with Crippen LogP contribution in [0.4, 0.5) is 0 Å². The summed E-state index contributed by atoms with van der Waals surface area (Å²) in [5.41, 5.74) is -0.578. The molecule has 6 atom stereocenters. The summed E-state index contributed by atoms with van der Waals surface area (Å²) >= 11 is 0. The summed E-state index contributed by atoms with van der Waals surface area (Å²) in [6.45, 7) is 8.90. The van der Waals surface area contributed by atoms with Crippen LogP contribution in [-0.2, 0) is 9.53 Å². The number of methoxy groups -OCH3 is 1. The molecule has 3 aliphatic carbocycles. The molecule has 0 saturated heterocycles. The van der Waals surface area contributed by atoms with Gasteiger partial charge in [0.05, 0.1) is 18.1 Å². The lowest BCUT2D eigenvalue weighted by molar-refractivity contribution is -0.183. The molecule has 3 nitrogen and oxygen atoms in total.